The Morgan fingerprint density at radius 3 is 1.96 bits per heavy atom. The smallest absolute Gasteiger partial charge is 0.289 e. The number of thioether (sulfide) groups is 1. The van der Waals surface area contributed by atoms with E-state index in [0.29, 0.717) is 22.6 Å². The molecular weight excluding hydrogens is 378 g/mol. The molecule has 0 radical (unpaired) electrons. The minimum atomic E-state index is -4.93. The molecule has 0 bridgehead atoms. The van der Waals surface area contributed by atoms with E-state index in [1.807, 2.05) is 0 Å². The summed E-state index contributed by atoms with van der Waals surface area (Å²) in [6.07, 6.45) is -6.20. The van der Waals surface area contributed by atoms with E-state index in [2.05, 4.69) is 0 Å². The van der Waals surface area contributed by atoms with Gasteiger partial charge in [-0.1, -0.05) is 18.2 Å². The second-order valence-electron chi connectivity index (χ2n) is 5.24. The molecule has 0 unspecified atom stereocenters. The summed E-state index contributed by atoms with van der Waals surface area (Å²) in [6, 6.07) is 7.74. The number of benzene rings is 2. The van der Waals surface area contributed by atoms with Crippen LogP contribution in [0.25, 0.3) is 6.08 Å². The SMILES string of the molecule is CSc1ccccc1C(=O)/C=C/c1cc(C(F)(F)F)cc(C(F)(F)F)c1. The van der Waals surface area contributed by atoms with Crippen molar-refractivity contribution >= 4 is 23.6 Å². The standard InChI is InChI=1S/C18H12F6OS/c1-26-16-5-3-2-4-14(16)15(25)7-6-11-8-12(17(19,20)21)10-13(9-11)18(22,23)24/h2-10H,1H3/b7-6+. The largest absolute Gasteiger partial charge is 0.416 e. The number of rotatable bonds is 4. The number of hydrogen-bond donors (Lipinski definition) is 0. The quantitative estimate of drug-likeness (QED) is 0.262. The maximum absolute atomic E-state index is 12.8. The highest BCUT2D eigenvalue weighted by atomic mass is 32.2. The summed E-state index contributed by atoms with van der Waals surface area (Å²) in [5.41, 5.74) is -2.89. The molecule has 138 valence electrons. The predicted molar refractivity (Wildman–Crippen MR) is 88.0 cm³/mol. The van der Waals surface area contributed by atoms with Crippen LogP contribution in [-0.2, 0) is 12.4 Å². The van der Waals surface area contributed by atoms with Crippen LogP contribution in [0.1, 0.15) is 27.0 Å². The Labute approximate surface area is 149 Å². The predicted octanol–water partition coefficient (Wildman–Crippen LogP) is 6.34. The molecular formula is C18H12F6OS. The summed E-state index contributed by atoms with van der Waals surface area (Å²) < 4.78 is 77.0. The fraction of sp³-hybridized carbons (Fsp3) is 0.167. The second kappa shape index (κ2) is 7.57. The van der Waals surface area contributed by atoms with E-state index < -0.39 is 29.3 Å². The van der Waals surface area contributed by atoms with Crippen LogP contribution < -0.4 is 0 Å². The summed E-state index contributed by atoms with van der Waals surface area (Å²) in [4.78, 5) is 12.9. The third-order valence-electron chi connectivity index (χ3n) is 3.41. The molecule has 0 fully saturated rings. The Morgan fingerprint density at radius 1 is 0.923 bits per heavy atom. The number of carbonyl (C=O) groups excluding carboxylic acids is 1. The van der Waals surface area contributed by atoms with Crippen molar-refractivity contribution in [3.63, 3.8) is 0 Å². The molecule has 2 aromatic rings. The number of hydrogen-bond acceptors (Lipinski definition) is 2. The number of carbonyl (C=O) groups is 1. The fourth-order valence-electron chi connectivity index (χ4n) is 2.19. The van der Waals surface area contributed by atoms with Crippen LogP contribution in [0.4, 0.5) is 26.3 Å². The van der Waals surface area contributed by atoms with Gasteiger partial charge in [0, 0.05) is 10.5 Å². The van der Waals surface area contributed by atoms with Crippen molar-refractivity contribution in [3.8, 4) is 0 Å². The molecule has 1 nitrogen and oxygen atoms in total. The first-order valence-corrected chi connectivity index (χ1v) is 8.40. The van der Waals surface area contributed by atoms with E-state index in [-0.39, 0.29) is 11.6 Å². The topological polar surface area (TPSA) is 17.1 Å². The summed E-state index contributed by atoms with van der Waals surface area (Å²) >= 11 is 1.30. The van der Waals surface area contributed by atoms with Gasteiger partial charge in [-0.15, -0.1) is 11.8 Å². The third kappa shape index (κ3) is 4.91. The lowest BCUT2D eigenvalue weighted by Gasteiger charge is -2.12. The molecule has 2 rings (SSSR count). The van der Waals surface area contributed by atoms with E-state index in [0.717, 1.165) is 12.2 Å². The summed E-state index contributed by atoms with van der Waals surface area (Å²) in [5, 5.41) is 0. The number of halogens is 6. The van der Waals surface area contributed by atoms with Gasteiger partial charge in [0.15, 0.2) is 5.78 Å². The first kappa shape index (κ1) is 20.1. The number of ketones is 1. The molecule has 0 aliphatic heterocycles. The van der Waals surface area contributed by atoms with Crippen LogP contribution >= 0.6 is 11.8 Å². The Hall–Kier alpha value is -2.22. The Bertz CT molecular complexity index is 804. The van der Waals surface area contributed by atoms with Gasteiger partial charge in [-0.3, -0.25) is 4.79 Å². The molecule has 0 N–H and O–H groups in total. The van der Waals surface area contributed by atoms with Crippen LogP contribution in [0.2, 0.25) is 0 Å². The molecule has 0 atom stereocenters. The molecule has 0 aliphatic carbocycles. The van der Waals surface area contributed by atoms with Gasteiger partial charge >= 0.3 is 12.4 Å². The highest BCUT2D eigenvalue weighted by Crippen LogP contribution is 2.36. The van der Waals surface area contributed by atoms with Crippen molar-refractivity contribution in [2.24, 2.45) is 0 Å². The van der Waals surface area contributed by atoms with Crippen LogP contribution in [-0.4, -0.2) is 12.0 Å². The Morgan fingerprint density at radius 2 is 1.46 bits per heavy atom. The van der Waals surface area contributed by atoms with Crippen molar-refractivity contribution in [2.75, 3.05) is 6.26 Å². The summed E-state index contributed by atoms with van der Waals surface area (Å²) in [6.45, 7) is 0. The zero-order valence-corrected chi connectivity index (χ0v) is 14.1. The van der Waals surface area contributed by atoms with Crippen LogP contribution in [0.3, 0.4) is 0 Å². The van der Waals surface area contributed by atoms with Crippen molar-refractivity contribution in [1.82, 2.24) is 0 Å². The third-order valence-corrected chi connectivity index (χ3v) is 4.21. The highest BCUT2D eigenvalue weighted by Gasteiger charge is 2.36. The molecule has 0 saturated heterocycles. The molecule has 0 aliphatic rings. The normalized spacial score (nSPS) is 12.6. The van der Waals surface area contributed by atoms with E-state index in [9.17, 15) is 31.1 Å². The molecule has 0 saturated carbocycles. The van der Waals surface area contributed by atoms with Gasteiger partial charge < -0.3 is 0 Å². The van der Waals surface area contributed by atoms with Crippen LogP contribution in [0.5, 0.6) is 0 Å². The van der Waals surface area contributed by atoms with Crippen molar-refractivity contribution in [3.05, 3.63) is 70.8 Å². The van der Waals surface area contributed by atoms with E-state index >= 15 is 0 Å². The first-order chi connectivity index (χ1) is 12.0. The first-order valence-electron chi connectivity index (χ1n) is 7.17. The van der Waals surface area contributed by atoms with Crippen molar-refractivity contribution < 1.29 is 31.1 Å². The zero-order chi connectivity index (χ0) is 19.5. The van der Waals surface area contributed by atoms with Gasteiger partial charge in [0.05, 0.1) is 11.1 Å². The van der Waals surface area contributed by atoms with Gasteiger partial charge in [-0.05, 0) is 48.2 Å². The number of allylic oxidation sites excluding steroid dienone is 1. The van der Waals surface area contributed by atoms with Crippen LogP contribution in [0, 0.1) is 0 Å². The van der Waals surface area contributed by atoms with E-state index in [4.69, 9.17) is 0 Å². The molecule has 26 heavy (non-hydrogen) atoms. The van der Waals surface area contributed by atoms with Gasteiger partial charge in [-0.2, -0.15) is 26.3 Å². The van der Waals surface area contributed by atoms with E-state index in [1.54, 1.807) is 24.5 Å². The minimum absolute atomic E-state index is 0.0438. The molecule has 8 heteroatoms. The molecule has 0 heterocycles. The van der Waals surface area contributed by atoms with Gasteiger partial charge in [0.1, 0.15) is 0 Å². The average molecular weight is 390 g/mol. The average Bonchev–Trinajstić information content (AvgIpc) is 2.57. The zero-order valence-electron chi connectivity index (χ0n) is 13.3. The molecule has 0 spiro atoms. The molecule has 0 aromatic heterocycles. The minimum Gasteiger partial charge on any atom is -0.289 e. The molecule has 0 amide bonds. The molecule has 2 aromatic carbocycles. The van der Waals surface area contributed by atoms with Gasteiger partial charge in [-0.25, -0.2) is 0 Å². The monoisotopic (exact) mass is 390 g/mol. The second-order valence-corrected chi connectivity index (χ2v) is 6.09. The highest BCUT2D eigenvalue weighted by molar-refractivity contribution is 7.98. The van der Waals surface area contributed by atoms with Crippen molar-refractivity contribution in [1.29, 1.82) is 0 Å². The summed E-state index contributed by atoms with van der Waals surface area (Å²) in [7, 11) is 0. The van der Waals surface area contributed by atoms with Gasteiger partial charge in [0.25, 0.3) is 0 Å². The Balaban J connectivity index is 2.42. The van der Waals surface area contributed by atoms with Crippen molar-refractivity contribution in [2.45, 2.75) is 17.2 Å². The summed E-state index contributed by atoms with van der Waals surface area (Å²) in [5.74, 6) is -0.513. The lowest BCUT2D eigenvalue weighted by atomic mass is 10.0. The lowest BCUT2D eigenvalue weighted by Crippen LogP contribution is -2.11. The fourth-order valence-corrected chi connectivity index (χ4v) is 2.79. The van der Waals surface area contributed by atoms with Gasteiger partial charge in [0.2, 0.25) is 0 Å². The maximum atomic E-state index is 12.8. The Kier molecular flexibility index (Phi) is 5.85. The number of alkyl halides is 6. The maximum Gasteiger partial charge on any atom is 0.416 e. The van der Waals surface area contributed by atoms with Crippen LogP contribution in [0.15, 0.2) is 53.4 Å². The van der Waals surface area contributed by atoms with E-state index in [1.165, 1.54) is 17.8 Å². The lowest BCUT2D eigenvalue weighted by molar-refractivity contribution is -0.143.